The second-order valence-corrected chi connectivity index (χ2v) is 15.8. The Kier molecular flexibility index (Phi) is 7.67. The van der Waals surface area contributed by atoms with E-state index in [1.807, 2.05) is 18.3 Å². The molecule has 2 aromatic heterocycles. The SMILES string of the molecule is Cc1ccc2c(c1)nc(N)c1ncc(CCc3ccc(OCCO[Si](C)(C)CC(C)(C)C)cc3)cc12. The smallest absolute Gasteiger partial charge is 0.187 e. The lowest BCUT2D eigenvalue weighted by molar-refractivity contribution is 0.206. The molecule has 0 atom stereocenters. The average Bonchev–Trinajstić information content (AvgIpc) is 2.79. The number of benzene rings is 2. The summed E-state index contributed by atoms with van der Waals surface area (Å²) >= 11 is 0. The van der Waals surface area contributed by atoms with Gasteiger partial charge in [-0.3, -0.25) is 4.98 Å². The zero-order valence-electron chi connectivity index (χ0n) is 22.5. The van der Waals surface area contributed by atoms with Crippen LogP contribution < -0.4 is 10.5 Å². The second-order valence-electron chi connectivity index (χ2n) is 11.6. The molecular weight excluding hydrogens is 462 g/mol. The number of aromatic nitrogens is 2. The summed E-state index contributed by atoms with van der Waals surface area (Å²) in [6.07, 6.45) is 3.75. The van der Waals surface area contributed by atoms with E-state index in [1.165, 1.54) is 16.7 Å². The molecule has 4 aromatic rings. The molecule has 2 N–H and O–H groups in total. The molecule has 0 saturated carbocycles. The van der Waals surface area contributed by atoms with Crippen LogP contribution in [-0.2, 0) is 17.3 Å². The fourth-order valence-electron chi connectivity index (χ4n) is 5.05. The first-order valence-corrected chi connectivity index (χ1v) is 15.9. The van der Waals surface area contributed by atoms with Crippen molar-refractivity contribution in [1.29, 1.82) is 0 Å². The lowest BCUT2D eigenvalue weighted by Gasteiger charge is -2.30. The molecule has 0 unspecified atom stereocenters. The Morgan fingerprint density at radius 3 is 2.33 bits per heavy atom. The third kappa shape index (κ3) is 6.83. The Balaban J connectivity index is 1.33. The fraction of sp³-hybridized carbons (Fsp3) is 0.400. The van der Waals surface area contributed by atoms with Crippen LogP contribution in [0.15, 0.2) is 54.7 Å². The zero-order chi connectivity index (χ0) is 25.9. The van der Waals surface area contributed by atoms with E-state index in [0.717, 1.165) is 46.4 Å². The molecule has 6 heteroatoms. The summed E-state index contributed by atoms with van der Waals surface area (Å²) in [6.45, 7) is 14.7. The van der Waals surface area contributed by atoms with Gasteiger partial charge in [0.1, 0.15) is 17.9 Å². The first kappa shape index (κ1) is 26.1. The van der Waals surface area contributed by atoms with Crippen LogP contribution in [-0.4, -0.2) is 31.5 Å². The maximum atomic E-state index is 6.21. The third-order valence-corrected chi connectivity index (χ3v) is 9.20. The zero-order valence-corrected chi connectivity index (χ0v) is 23.5. The fourth-order valence-corrected chi connectivity index (χ4v) is 8.34. The van der Waals surface area contributed by atoms with E-state index >= 15 is 0 Å². The van der Waals surface area contributed by atoms with E-state index in [-0.39, 0.29) is 0 Å². The molecule has 0 amide bonds. The number of rotatable bonds is 9. The molecular formula is C30H39N3O2Si. The van der Waals surface area contributed by atoms with Crippen molar-refractivity contribution < 1.29 is 9.16 Å². The average molecular weight is 502 g/mol. The van der Waals surface area contributed by atoms with E-state index in [1.54, 1.807) is 0 Å². The highest BCUT2D eigenvalue weighted by Gasteiger charge is 2.28. The number of pyridine rings is 2. The van der Waals surface area contributed by atoms with Crippen molar-refractivity contribution in [2.75, 3.05) is 18.9 Å². The molecule has 5 nitrogen and oxygen atoms in total. The van der Waals surface area contributed by atoms with Gasteiger partial charge in [0.2, 0.25) is 0 Å². The Hall–Kier alpha value is -2.96. The Labute approximate surface area is 216 Å². The van der Waals surface area contributed by atoms with E-state index in [0.29, 0.717) is 24.4 Å². The van der Waals surface area contributed by atoms with E-state index in [4.69, 9.17) is 14.9 Å². The molecule has 0 fully saturated rings. The van der Waals surface area contributed by atoms with Crippen molar-refractivity contribution in [3.8, 4) is 5.75 Å². The molecule has 2 heterocycles. The standard InChI is InChI=1S/C30H39N3O2Si/c1-21-7-14-25-26-18-23(19-32-28(26)29(31)33-27(25)17-21)9-8-22-10-12-24(13-11-22)34-15-16-35-36(5,6)20-30(2,3)4/h7,10-14,17-19H,8-9,15-16,20H2,1-6H3,(H2,31,33). The summed E-state index contributed by atoms with van der Waals surface area (Å²) in [5.41, 5.74) is 11.8. The van der Waals surface area contributed by atoms with Crippen molar-refractivity contribution in [3.05, 3.63) is 71.4 Å². The van der Waals surface area contributed by atoms with E-state index in [9.17, 15) is 0 Å². The molecule has 0 aliphatic heterocycles. The lowest BCUT2D eigenvalue weighted by atomic mass is 10.0. The van der Waals surface area contributed by atoms with Gasteiger partial charge < -0.3 is 14.9 Å². The highest BCUT2D eigenvalue weighted by Crippen LogP contribution is 2.29. The topological polar surface area (TPSA) is 70.3 Å². The van der Waals surface area contributed by atoms with Gasteiger partial charge in [-0.05, 0) is 85.3 Å². The number of nitrogen functional groups attached to an aromatic ring is 1. The minimum atomic E-state index is -1.66. The van der Waals surface area contributed by atoms with E-state index < -0.39 is 8.32 Å². The third-order valence-electron chi connectivity index (χ3n) is 6.30. The quantitative estimate of drug-likeness (QED) is 0.150. The first-order valence-electron chi connectivity index (χ1n) is 12.8. The number of aryl methyl sites for hydroxylation is 3. The molecule has 0 spiro atoms. The maximum absolute atomic E-state index is 6.21. The normalized spacial score (nSPS) is 12.4. The summed E-state index contributed by atoms with van der Waals surface area (Å²) in [5.74, 6) is 1.37. The second kappa shape index (κ2) is 10.6. The molecule has 2 aromatic carbocycles. The van der Waals surface area contributed by atoms with Crippen molar-refractivity contribution in [2.24, 2.45) is 5.41 Å². The van der Waals surface area contributed by atoms with E-state index in [2.05, 4.69) is 87.2 Å². The molecule has 0 saturated heterocycles. The van der Waals surface area contributed by atoms with Crippen LogP contribution in [0, 0.1) is 12.3 Å². The predicted molar refractivity (Wildman–Crippen MR) is 153 cm³/mol. The van der Waals surface area contributed by atoms with Crippen LogP contribution in [0.2, 0.25) is 19.1 Å². The van der Waals surface area contributed by atoms with Crippen LogP contribution in [0.3, 0.4) is 0 Å². The van der Waals surface area contributed by atoms with Crippen LogP contribution in [0.4, 0.5) is 5.82 Å². The molecule has 0 aliphatic rings. The number of hydrogen-bond acceptors (Lipinski definition) is 5. The summed E-state index contributed by atoms with van der Waals surface area (Å²) in [6, 6.07) is 18.0. The molecule has 36 heavy (non-hydrogen) atoms. The summed E-state index contributed by atoms with van der Waals surface area (Å²) in [7, 11) is -1.66. The Bertz CT molecular complexity index is 1340. The monoisotopic (exact) mass is 501 g/mol. The number of nitrogens with two attached hydrogens (primary N) is 1. The predicted octanol–water partition coefficient (Wildman–Crippen LogP) is 7.11. The summed E-state index contributed by atoms with van der Waals surface area (Å²) < 4.78 is 12.1. The van der Waals surface area contributed by atoms with Crippen LogP contribution >= 0.6 is 0 Å². The Morgan fingerprint density at radius 1 is 0.889 bits per heavy atom. The molecule has 0 bridgehead atoms. The van der Waals surface area contributed by atoms with Gasteiger partial charge in [0.15, 0.2) is 14.1 Å². The van der Waals surface area contributed by atoms with Gasteiger partial charge in [0.05, 0.1) is 12.1 Å². The van der Waals surface area contributed by atoms with Gasteiger partial charge in [0.25, 0.3) is 0 Å². The van der Waals surface area contributed by atoms with Gasteiger partial charge >= 0.3 is 0 Å². The van der Waals surface area contributed by atoms with Gasteiger partial charge in [-0.15, -0.1) is 0 Å². The lowest BCUT2D eigenvalue weighted by Crippen LogP contribution is -2.36. The molecule has 190 valence electrons. The Morgan fingerprint density at radius 2 is 1.61 bits per heavy atom. The minimum absolute atomic E-state index is 0.298. The van der Waals surface area contributed by atoms with Crippen LogP contribution in [0.5, 0.6) is 5.75 Å². The number of nitrogens with zero attached hydrogens (tertiary/aromatic N) is 2. The van der Waals surface area contributed by atoms with Crippen LogP contribution in [0.25, 0.3) is 21.8 Å². The number of anilines is 1. The van der Waals surface area contributed by atoms with Crippen molar-refractivity contribution in [1.82, 2.24) is 9.97 Å². The number of fused-ring (bicyclic) bond motifs is 3. The van der Waals surface area contributed by atoms with Gasteiger partial charge in [-0.2, -0.15) is 0 Å². The van der Waals surface area contributed by atoms with Crippen molar-refractivity contribution in [2.45, 2.75) is 59.7 Å². The van der Waals surface area contributed by atoms with Gasteiger partial charge in [-0.25, -0.2) is 4.98 Å². The highest BCUT2D eigenvalue weighted by molar-refractivity contribution is 6.71. The highest BCUT2D eigenvalue weighted by atomic mass is 28.4. The maximum Gasteiger partial charge on any atom is 0.187 e. The van der Waals surface area contributed by atoms with Crippen molar-refractivity contribution >= 4 is 35.9 Å². The first-order chi connectivity index (χ1) is 17.0. The van der Waals surface area contributed by atoms with Gasteiger partial charge in [-0.1, -0.05) is 45.0 Å². The number of hydrogen-bond donors (Lipinski definition) is 1. The number of ether oxygens (including phenoxy) is 1. The van der Waals surface area contributed by atoms with Crippen LogP contribution in [0.1, 0.15) is 37.5 Å². The molecule has 0 aliphatic carbocycles. The molecule has 0 radical (unpaired) electrons. The minimum Gasteiger partial charge on any atom is -0.491 e. The molecule has 4 rings (SSSR count). The van der Waals surface area contributed by atoms with Crippen molar-refractivity contribution in [3.63, 3.8) is 0 Å². The largest absolute Gasteiger partial charge is 0.491 e. The summed E-state index contributed by atoms with van der Waals surface area (Å²) in [4.78, 5) is 9.19. The van der Waals surface area contributed by atoms with Gasteiger partial charge in [0, 0.05) is 17.0 Å². The summed E-state index contributed by atoms with van der Waals surface area (Å²) in [5, 5.41) is 2.16.